The van der Waals surface area contributed by atoms with Crippen molar-refractivity contribution < 1.29 is 4.74 Å². The Morgan fingerprint density at radius 3 is 2.24 bits per heavy atom. The van der Waals surface area contributed by atoms with E-state index in [0.717, 1.165) is 26.3 Å². The maximum atomic E-state index is 5.85. The Labute approximate surface area is 115 Å². The molecule has 17 heavy (non-hydrogen) atoms. The minimum atomic E-state index is 0. The zero-order chi connectivity index (χ0) is 10.5. The van der Waals surface area contributed by atoms with Gasteiger partial charge in [0.1, 0.15) is 0 Å². The third-order valence-electron chi connectivity index (χ3n) is 2.89. The van der Waals surface area contributed by atoms with Crippen LogP contribution in [0.4, 0.5) is 0 Å². The van der Waals surface area contributed by atoms with Gasteiger partial charge in [0.2, 0.25) is 0 Å². The van der Waals surface area contributed by atoms with Crippen molar-refractivity contribution in [2.24, 2.45) is 5.73 Å². The highest BCUT2D eigenvalue weighted by Crippen LogP contribution is 2.19. The largest absolute Gasteiger partial charge is 0.379 e. The van der Waals surface area contributed by atoms with Gasteiger partial charge < -0.3 is 10.5 Å². The molecule has 1 heterocycles. The summed E-state index contributed by atoms with van der Waals surface area (Å²) in [4.78, 5) is 2.40. The van der Waals surface area contributed by atoms with Gasteiger partial charge in [-0.05, 0) is 5.56 Å². The second-order valence-corrected chi connectivity index (χ2v) is 3.81. The monoisotopic (exact) mass is 278 g/mol. The van der Waals surface area contributed by atoms with E-state index in [0.29, 0.717) is 12.6 Å². The molecule has 1 saturated heterocycles. The molecule has 3 nitrogen and oxygen atoms in total. The first-order valence-corrected chi connectivity index (χ1v) is 5.48. The first-order chi connectivity index (χ1) is 7.42. The predicted octanol–water partition coefficient (Wildman–Crippen LogP) is 1.86. The SMILES string of the molecule is Cl.Cl.NCC(c1ccccc1)N1CCOCC1. The van der Waals surface area contributed by atoms with E-state index >= 15 is 0 Å². The maximum absolute atomic E-state index is 5.85. The molecular formula is C12H20Cl2N2O. The second-order valence-electron chi connectivity index (χ2n) is 3.81. The third-order valence-corrected chi connectivity index (χ3v) is 2.89. The first kappa shape index (κ1) is 16.7. The Morgan fingerprint density at radius 1 is 1.12 bits per heavy atom. The summed E-state index contributed by atoms with van der Waals surface area (Å²) in [6.07, 6.45) is 0. The van der Waals surface area contributed by atoms with Crippen molar-refractivity contribution in [3.8, 4) is 0 Å². The lowest BCUT2D eigenvalue weighted by molar-refractivity contribution is 0.0179. The number of ether oxygens (including phenoxy) is 1. The molecule has 1 unspecified atom stereocenters. The topological polar surface area (TPSA) is 38.5 Å². The van der Waals surface area contributed by atoms with E-state index in [1.165, 1.54) is 5.56 Å². The lowest BCUT2D eigenvalue weighted by Gasteiger charge is -2.34. The van der Waals surface area contributed by atoms with Crippen molar-refractivity contribution >= 4 is 24.8 Å². The molecule has 0 bridgehead atoms. The molecule has 0 aliphatic carbocycles. The van der Waals surface area contributed by atoms with Crippen molar-refractivity contribution in [1.29, 1.82) is 0 Å². The summed E-state index contributed by atoms with van der Waals surface area (Å²) in [5.41, 5.74) is 7.16. The molecule has 1 fully saturated rings. The van der Waals surface area contributed by atoms with Crippen molar-refractivity contribution in [2.75, 3.05) is 32.8 Å². The molecule has 0 amide bonds. The number of halogens is 2. The van der Waals surface area contributed by atoms with Gasteiger partial charge in [-0.15, -0.1) is 24.8 Å². The summed E-state index contributed by atoms with van der Waals surface area (Å²) in [5.74, 6) is 0. The highest BCUT2D eigenvalue weighted by Gasteiger charge is 2.20. The molecule has 1 aliphatic rings. The van der Waals surface area contributed by atoms with Gasteiger partial charge in [-0.25, -0.2) is 0 Å². The minimum Gasteiger partial charge on any atom is -0.379 e. The summed E-state index contributed by atoms with van der Waals surface area (Å²) in [5, 5.41) is 0. The lowest BCUT2D eigenvalue weighted by Crippen LogP contribution is -2.41. The van der Waals surface area contributed by atoms with Gasteiger partial charge in [0.25, 0.3) is 0 Å². The predicted molar refractivity (Wildman–Crippen MR) is 75.1 cm³/mol. The van der Waals surface area contributed by atoms with Crippen LogP contribution in [0.1, 0.15) is 11.6 Å². The van der Waals surface area contributed by atoms with Gasteiger partial charge in [0.05, 0.1) is 13.2 Å². The number of nitrogens with two attached hydrogens (primary N) is 1. The van der Waals surface area contributed by atoms with Crippen molar-refractivity contribution in [1.82, 2.24) is 4.90 Å². The number of morpholine rings is 1. The highest BCUT2D eigenvalue weighted by molar-refractivity contribution is 5.85. The fourth-order valence-electron chi connectivity index (χ4n) is 2.06. The molecule has 98 valence electrons. The molecule has 2 N–H and O–H groups in total. The molecule has 1 aromatic rings. The lowest BCUT2D eigenvalue weighted by atomic mass is 10.1. The summed E-state index contributed by atoms with van der Waals surface area (Å²) in [6, 6.07) is 10.8. The first-order valence-electron chi connectivity index (χ1n) is 5.48. The summed E-state index contributed by atoms with van der Waals surface area (Å²) >= 11 is 0. The minimum absolute atomic E-state index is 0. The number of benzene rings is 1. The summed E-state index contributed by atoms with van der Waals surface area (Å²) < 4.78 is 5.35. The zero-order valence-corrected chi connectivity index (χ0v) is 11.4. The quantitative estimate of drug-likeness (QED) is 0.918. The van der Waals surface area contributed by atoms with Crippen molar-refractivity contribution in [3.05, 3.63) is 35.9 Å². The molecule has 5 heteroatoms. The fraction of sp³-hybridized carbons (Fsp3) is 0.500. The highest BCUT2D eigenvalue weighted by atomic mass is 35.5. The molecule has 0 aromatic heterocycles. The van der Waals surface area contributed by atoms with E-state index < -0.39 is 0 Å². The number of nitrogens with zero attached hydrogens (tertiary/aromatic N) is 1. The van der Waals surface area contributed by atoms with Gasteiger partial charge in [0, 0.05) is 25.7 Å². The summed E-state index contributed by atoms with van der Waals surface area (Å²) in [6.45, 7) is 4.28. The van der Waals surface area contributed by atoms with Gasteiger partial charge in [-0.3, -0.25) is 4.90 Å². The Kier molecular flexibility index (Phi) is 8.56. The molecule has 0 spiro atoms. The van der Waals surface area contributed by atoms with Gasteiger partial charge >= 0.3 is 0 Å². The van der Waals surface area contributed by atoms with Crippen LogP contribution in [-0.2, 0) is 4.74 Å². The molecule has 1 aliphatic heterocycles. The van der Waals surface area contributed by atoms with E-state index in [-0.39, 0.29) is 24.8 Å². The number of hydrogen-bond donors (Lipinski definition) is 1. The van der Waals surface area contributed by atoms with Crippen LogP contribution in [0.25, 0.3) is 0 Å². The molecule has 1 aromatic carbocycles. The van der Waals surface area contributed by atoms with Crippen LogP contribution >= 0.6 is 24.8 Å². The van der Waals surface area contributed by atoms with Crippen LogP contribution in [0.15, 0.2) is 30.3 Å². The Hall–Kier alpha value is -0.320. The summed E-state index contributed by atoms with van der Waals surface area (Å²) in [7, 11) is 0. The van der Waals surface area contributed by atoms with Crippen LogP contribution in [0.5, 0.6) is 0 Å². The third kappa shape index (κ3) is 4.45. The van der Waals surface area contributed by atoms with Crippen LogP contribution in [0.3, 0.4) is 0 Å². The standard InChI is InChI=1S/C12H18N2O.2ClH/c13-10-12(11-4-2-1-3-5-11)14-6-8-15-9-7-14;;/h1-5,12H,6-10,13H2;2*1H. The van der Waals surface area contributed by atoms with E-state index in [2.05, 4.69) is 29.2 Å². The van der Waals surface area contributed by atoms with E-state index in [1.54, 1.807) is 0 Å². The molecule has 2 rings (SSSR count). The average Bonchev–Trinajstić information content (AvgIpc) is 2.33. The van der Waals surface area contributed by atoms with E-state index in [9.17, 15) is 0 Å². The second kappa shape index (κ2) is 8.72. The molecule has 0 radical (unpaired) electrons. The van der Waals surface area contributed by atoms with Crippen LogP contribution in [0, 0.1) is 0 Å². The number of rotatable bonds is 3. The van der Waals surface area contributed by atoms with Crippen LogP contribution in [-0.4, -0.2) is 37.7 Å². The zero-order valence-electron chi connectivity index (χ0n) is 9.75. The molecule has 0 saturated carbocycles. The smallest absolute Gasteiger partial charge is 0.0594 e. The molecule has 1 atom stereocenters. The van der Waals surface area contributed by atoms with Crippen LogP contribution < -0.4 is 5.73 Å². The Balaban J connectivity index is 0.00000128. The van der Waals surface area contributed by atoms with Gasteiger partial charge in [-0.1, -0.05) is 30.3 Å². The van der Waals surface area contributed by atoms with Crippen molar-refractivity contribution in [2.45, 2.75) is 6.04 Å². The number of hydrogen-bond acceptors (Lipinski definition) is 3. The van der Waals surface area contributed by atoms with Gasteiger partial charge in [0.15, 0.2) is 0 Å². The Bertz CT molecular complexity index is 292. The normalized spacial score (nSPS) is 17.7. The van der Waals surface area contributed by atoms with Crippen molar-refractivity contribution in [3.63, 3.8) is 0 Å². The van der Waals surface area contributed by atoms with Gasteiger partial charge in [-0.2, -0.15) is 0 Å². The maximum Gasteiger partial charge on any atom is 0.0594 e. The average molecular weight is 279 g/mol. The van der Waals surface area contributed by atoms with E-state index in [4.69, 9.17) is 10.5 Å². The van der Waals surface area contributed by atoms with Crippen LogP contribution in [0.2, 0.25) is 0 Å². The molecular weight excluding hydrogens is 259 g/mol. The Morgan fingerprint density at radius 2 is 1.71 bits per heavy atom. The fourth-order valence-corrected chi connectivity index (χ4v) is 2.06. The van der Waals surface area contributed by atoms with E-state index in [1.807, 2.05) is 6.07 Å².